The number of aromatic hydroxyl groups is 2. The molecule has 1 aromatic rings. The van der Waals surface area contributed by atoms with E-state index in [2.05, 4.69) is 10.1 Å². The van der Waals surface area contributed by atoms with E-state index in [0.29, 0.717) is 5.57 Å². The molecule has 0 fully saturated rings. The average Bonchev–Trinajstić information content (AvgIpc) is 2.54. The summed E-state index contributed by atoms with van der Waals surface area (Å²) in [5, 5.41) is 32.9. The first-order valence-corrected chi connectivity index (χ1v) is 7.61. The van der Waals surface area contributed by atoms with Crippen molar-refractivity contribution in [3.63, 3.8) is 0 Å². The molecule has 0 unspecified atom stereocenters. The summed E-state index contributed by atoms with van der Waals surface area (Å²) in [6.07, 6.45) is 3.36. The SMILES string of the molecule is COC(=O)/C=C/C(C)=C/[C@@H](C)[C@@H](O)c1cc(O)cc(NC(C)=O)c1O. The third-order valence-corrected chi connectivity index (χ3v) is 3.46. The molecule has 0 saturated heterocycles. The fourth-order valence-corrected chi connectivity index (χ4v) is 2.26. The molecule has 25 heavy (non-hydrogen) atoms. The number of anilines is 1. The van der Waals surface area contributed by atoms with Gasteiger partial charge in [0.15, 0.2) is 0 Å². The van der Waals surface area contributed by atoms with Crippen molar-refractivity contribution in [1.82, 2.24) is 0 Å². The van der Waals surface area contributed by atoms with Gasteiger partial charge in [-0.3, -0.25) is 4.79 Å². The van der Waals surface area contributed by atoms with Crippen molar-refractivity contribution < 1.29 is 29.6 Å². The van der Waals surface area contributed by atoms with Crippen LogP contribution in [0.25, 0.3) is 0 Å². The Hall–Kier alpha value is -2.80. The second kappa shape index (κ2) is 8.89. The van der Waals surface area contributed by atoms with E-state index in [-0.39, 0.29) is 22.7 Å². The van der Waals surface area contributed by atoms with Crippen LogP contribution < -0.4 is 5.32 Å². The van der Waals surface area contributed by atoms with Gasteiger partial charge in [0.25, 0.3) is 0 Å². The fourth-order valence-electron chi connectivity index (χ4n) is 2.26. The van der Waals surface area contributed by atoms with Crippen molar-refractivity contribution in [2.24, 2.45) is 5.92 Å². The number of hydrogen-bond acceptors (Lipinski definition) is 6. The maximum absolute atomic E-state index is 11.2. The number of benzene rings is 1. The quantitative estimate of drug-likeness (QED) is 0.206. The van der Waals surface area contributed by atoms with Gasteiger partial charge in [-0.1, -0.05) is 24.6 Å². The largest absolute Gasteiger partial charge is 0.508 e. The monoisotopic (exact) mass is 349 g/mol. The lowest BCUT2D eigenvalue weighted by atomic mass is 9.94. The lowest BCUT2D eigenvalue weighted by molar-refractivity contribution is -0.134. The van der Waals surface area contributed by atoms with E-state index >= 15 is 0 Å². The molecule has 1 rings (SSSR count). The number of carbonyl (C=O) groups excluding carboxylic acids is 2. The highest BCUT2D eigenvalue weighted by Gasteiger charge is 2.21. The Kier molecular flexibility index (Phi) is 7.20. The third kappa shape index (κ3) is 5.96. The van der Waals surface area contributed by atoms with Crippen molar-refractivity contribution in [2.45, 2.75) is 26.9 Å². The summed E-state index contributed by atoms with van der Waals surface area (Å²) in [7, 11) is 1.27. The number of ether oxygens (including phenoxy) is 1. The number of hydrogen-bond donors (Lipinski definition) is 4. The molecule has 0 radical (unpaired) electrons. The van der Waals surface area contributed by atoms with Crippen molar-refractivity contribution in [1.29, 1.82) is 0 Å². The van der Waals surface area contributed by atoms with E-state index in [1.807, 2.05) is 0 Å². The molecule has 136 valence electrons. The highest BCUT2D eigenvalue weighted by Crippen LogP contribution is 2.38. The molecule has 0 aliphatic rings. The molecular formula is C18H23NO6. The topological polar surface area (TPSA) is 116 Å². The maximum Gasteiger partial charge on any atom is 0.330 e. The van der Waals surface area contributed by atoms with Crippen molar-refractivity contribution in [3.8, 4) is 11.5 Å². The fraction of sp³-hybridized carbons (Fsp3) is 0.333. The molecule has 7 heteroatoms. The lowest BCUT2D eigenvalue weighted by Gasteiger charge is -2.20. The molecule has 7 nitrogen and oxygen atoms in total. The van der Waals surface area contributed by atoms with E-state index in [0.717, 1.165) is 0 Å². The molecule has 0 aromatic heterocycles. The summed E-state index contributed by atoms with van der Waals surface area (Å²) in [5.41, 5.74) is 0.802. The van der Waals surface area contributed by atoms with Crippen LogP contribution in [0.1, 0.15) is 32.4 Å². The van der Waals surface area contributed by atoms with Crippen LogP contribution >= 0.6 is 0 Å². The van der Waals surface area contributed by atoms with Crippen molar-refractivity contribution in [2.75, 3.05) is 12.4 Å². The minimum Gasteiger partial charge on any atom is -0.508 e. The summed E-state index contributed by atoms with van der Waals surface area (Å²) in [4.78, 5) is 22.3. The van der Waals surface area contributed by atoms with Gasteiger partial charge < -0.3 is 25.4 Å². The molecule has 0 bridgehead atoms. The third-order valence-electron chi connectivity index (χ3n) is 3.46. The Labute approximate surface area is 146 Å². The van der Waals surface area contributed by atoms with Crippen LogP contribution in [0.2, 0.25) is 0 Å². The highest BCUT2D eigenvalue weighted by atomic mass is 16.5. The van der Waals surface area contributed by atoms with Gasteiger partial charge in [0.1, 0.15) is 11.5 Å². The van der Waals surface area contributed by atoms with Crippen molar-refractivity contribution >= 4 is 17.6 Å². The molecule has 4 N–H and O–H groups in total. The first-order valence-electron chi connectivity index (χ1n) is 7.61. The predicted molar refractivity (Wildman–Crippen MR) is 93.1 cm³/mol. The lowest BCUT2D eigenvalue weighted by Crippen LogP contribution is -2.10. The number of allylic oxidation sites excluding steroid dienone is 2. The van der Waals surface area contributed by atoms with Crippen LogP contribution in [-0.2, 0) is 14.3 Å². The number of phenols is 2. The number of aliphatic hydroxyl groups is 1. The first-order chi connectivity index (χ1) is 11.6. The number of esters is 1. The second-order valence-corrected chi connectivity index (χ2v) is 5.68. The van der Waals surface area contributed by atoms with Crippen LogP contribution in [0.5, 0.6) is 11.5 Å². The van der Waals surface area contributed by atoms with Crippen LogP contribution in [0.15, 0.2) is 35.9 Å². The van der Waals surface area contributed by atoms with E-state index in [4.69, 9.17) is 0 Å². The summed E-state index contributed by atoms with van der Waals surface area (Å²) in [5.74, 6) is -1.87. The number of amides is 1. The van der Waals surface area contributed by atoms with Gasteiger partial charge in [-0.05, 0) is 13.0 Å². The smallest absolute Gasteiger partial charge is 0.330 e. The summed E-state index contributed by atoms with van der Waals surface area (Å²) < 4.78 is 4.50. The molecule has 0 aliphatic carbocycles. The normalized spacial score (nSPS) is 14.2. The van der Waals surface area contributed by atoms with Gasteiger partial charge >= 0.3 is 5.97 Å². The Bertz CT molecular complexity index is 708. The van der Waals surface area contributed by atoms with Gasteiger partial charge in [-0.15, -0.1) is 0 Å². The number of methoxy groups -OCH3 is 1. The zero-order valence-electron chi connectivity index (χ0n) is 14.6. The van der Waals surface area contributed by atoms with Crippen molar-refractivity contribution in [3.05, 3.63) is 41.5 Å². The van der Waals surface area contributed by atoms with E-state index < -0.39 is 23.9 Å². The van der Waals surface area contributed by atoms with E-state index in [1.165, 1.54) is 32.2 Å². The Balaban J connectivity index is 3.07. The maximum atomic E-state index is 11.2. The van der Waals surface area contributed by atoms with E-state index in [9.17, 15) is 24.9 Å². The Morgan fingerprint density at radius 1 is 1.20 bits per heavy atom. The predicted octanol–water partition coefficient (Wildman–Crippen LogP) is 2.40. The molecule has 0 aliphatic heterocycles. The Morgan fingerprint density at radius 2 is 1.84 bits per heavy atom. The molecule has 1 amide bonds. The number of carbonyl (C=O) groups is 2. The number of rotatable bonds is 6. The van der Waals surface area contributed by atoms with Gasteiger partial charge in [0, 0.05) is 30.5 Å². The minimum atomic E-state index is -1.14. The summed E-state index contributed by atoms with van der Waals surface area (Å²) in [6, 6.07) is 2.42. The summed E-state index contributed by atoms with van der Waals surface area (Å²) in [6.45, 7) is 4.72. The molecule has 0 saturated carbocycles. The zero-order valence-corrected chi connectivity index (χ0v) is 14.6. The molecular weight excluding hydrogens is 326 g/mol. The van der Waals surface area contributed by atoms with Crippen LogP contribution in [-0.4, -0.2) is 34.3 Å². The van der Waals surface area contributed by atoms with Crippen LogP contribution in [0, 0.1) is 5.92 Å². The average molecular weight is 349 g/mol. The molecule has 0 heterocycles. The molecule has 1 aromatic carbocycles. The number of aliphatic hydroxyl groups excluding tert-OH is 1. The zero-order chi connectivity index (χ0) is 19.1. The van der Waals surface area contributed by atoms with Gasteiger partial charge in [0.2, 0.25) is 5.91 Å². The number of nitrogens with one attached hydrogen (secondary N) is 1. The van der Waals surface area contributed by atoms with Gasteiger partial charge in [-0.25, -0.2) is 4.79 Å². The molecule has 2 atom stereocenters. The minimum absolute atomic E-state index is 0.0139. The molecule has 0 spiro atoms. The highest BCUT2D eigenvalue weighted by molar-refractivity contribution is 5.91. The van der Waals surface area contributed by atoms with Crippen LogP contribution in [0.3, 0.4) is 0 Å². The Morgan fingerprint density at radius 3 is 2.40 bits per heavy atom. The summed E-state index contributed by atoms with van der Waals surface area (Å²) >= 11 is 0. The standard InChI is InChI=1S/C18H23NO6/c1-10(5-6-16(22)25-4)7-11(2)17(23)14-8-13(21)9-15(18(14)24)19-12(3)20/h5-9,11,17,21,23-24H,1-4H3,(H,19,20)/b6-5+,10-7+/t11-,17-/m1/s1. The van der Waals surface area contributed by atoms with Gasteiger partial charge in [0.05, 0.1) is 18.9 Å². The number of phenolic OH excluding ortho intramolecular Hbond substituents is 2. The van der Waals surface area contributed by atoms with E-state index in [1.54, 1.807) is 26.0 Å². The van der Waals surface area contributed by atoms with Gasteiger partial charge in [-0.2, -0.15) is 0 Å². The first kappa shape index (κ1) is 20.2. The second-order valence-electron chi connectivity index (χ2n) is 5.68. The van der Waals surface area contributed by atoms with Crippen LogP contribution in [0.4, 0.5) is 5.69 Å².